The normalized spacial score (nSPS) is 20.7. The molecule has 0 bridgehead atoms. The molecule has 2 aliphatic rings. The van der Waals surface area contributed by atoms with Gasteiger partial charge < -0.3 is 21.1 Å². The highest BCUT2D eigenvalue weighted by Crippen LogP contribution is 2.47. The SMILES string of the molecule is NCc1ccc(Cl)cc1CNC(=O)[C@@H]1CCCN1C(=O)C1(O)c2ccccc2-c2cccnc21. The molecular formula is C26H25ClN4O3. The van der Waals surface area contributed by atoms with Gasteiger partial charge in [0, 0.05) is 42.0 Å². The van der Waals surface area contributed by atoms with Crippen molar-refractivity contribution in [1.82, 2.24) is 15.2 Å². The van der Waals surface area contributed by atoms with E-state index in [4.69, 9.17) is 17.3 Å². The second-order valence-electron chi connectivity index (χ2n) is 8.65. The minimum atomic E-state index is -1.93. The summed E-state index contributed by atoms with van der Waals surface area (Å²) >= 11 is 6.11. The van der Waals surface area contributed by atoms with Gasteiger partial charge in [-0.15, -0.1) is 0 Å². The summed E-state index contributed by atoms with van der Waals surface area (Å²) in [5.74, 6) is -0.801. The van der Waals surface area contributed by atoms with Crippen LogP contribution in [-0.4, -0.2) is 39.4 Å². The summed E-state index contributed by atoms with van der Waals surface area (Å²) < 4.78 is 0. The molecule has 34 heavy (non-hydrogen) atoms. The standard InChI is InChI=1S/C26H25ClN4O3/c27-18-10-9-16(14-28)17(13-18)15-30-24(32)22-8-4-12-31(22)25(33)26(34)21-7-2-1-5-19(21)20-6-3-11-29-23(20)26/h1-3,5-7,9-11,13,22,34H,4,8,12,14-15,28H2,(H,30,32)/t22-,26?/m0/s1. The molecule has 2 amide bonds. The number of carbonyl (C=O) groups is 2. The molecule has 1 unspecified atom stereocenters. The number of aliphatic hydroxyl groups is 1. The van der Waals surface area contributed by atoms with Crippen LogP contribution in [0.1, 0.15) is 35.2 Å². The van der Waals surface area contributed by atoms with Crippen LogP contribution in [0.15, 0.2) is 60.8 Å². The molecular weight excluding hydrogens is 452 g/mol. The molecule has 0 spiro atoms. The number of pyridine rings is 1. The number of nitrogens with zero attached hydrogens (tertiary/aromatic N) is 2. The number of nitrogens with one attached hydrogen (secondary N) is 1. The minimum absolute atomic E-state index is 0.252. The lowest BCUT2D eigenvalue weighted by Gasteiger charge is -2.32. The zero-order chi connectivity index (χ0) is 23.9. The summed E-state index contributed by atoms with van der Waals surface area (Å²) in [4.78, 5) is 32.9. The number of benzene rings is 2. The molecule has 2 aromatic carbocycles. The average Bonchev–Trinajstić information content (AvgIpc) is 3.45. The Morgan fingerprint density at radius 2 is 1.94 bits per heavy atom. The fourth-order valence-corrected chi connectivity index (χ4v) is 5.23. The van der Waals surface area contributed by atoms with Gasteiger partial charge in [0.2, 0.25) is 11.5 Å². The Balaban J connectivity index is 1.41. The smallest absolute Gasteiger partial charge is 0.266 e. The topological polar surface area (TPSA) is 109 Å². The minimum Gasteiger partial charge on any atom is -0.371 e. The monoisotopic (exact) mass is 476 g/mol. The largest absolute Gasteiger partial charge is 0.371 e. The van der Waals surface area contributed by atoms with E-state index in [2.05, 4.69) is 10.3 Å². The van der Waals surface area contributed by atoms with E-state index in [1.54, 1.807) is 36.5 Å². The molecule has 1 aliphatic heterocycles. The van der Waals surface area contributed by atoms with Gasteiger partial charge in [-0.05, 0) is 47.7 Å². The van der Waals surface area contributed by atoms with Gasteiger partial charge in [-0.1, -0.05) is 48.0 Å². The van der Waals surface area contributed by atoms with E-state index in [-0.39, 0.29) is 12.5 Å². The molecule has 7 nitrogen and oxygen atoms in total. The van der Waals surface area contributed by atoms with E-state index < -0.39 is 17.6 Å². The Morgan fingerprint density at radius 1 is 1.15 bits per heavy atom. The highest BCUT2D eigenvalue weighted by atomic mass is 35.5. The first-order chi connectivity index (χ1) is 16.4. The molecule has 0 radical (unpaired) electrons. The summed E-state index contributed by atoms with van der Waals surface area (Å²) in [6.07, 6.45) is 2.75. The van der Waals surface area contributed by atoms with Crippen LogP contribution in [-0.2, 0) is 28.3 Å². The van der Waals surface area contributed by atoms with Gasteiger partial charge in [0.05, 0.1) is 5.69 Å². The van der Waals surface area contributed by atoms with Crippen LogP contribution in [0.3, 0.4) is 0 Å². The molecule has 2 atom stereocenters. The Hall–Kier alpha value is -3.26. The van der Waals surface area contributed by atoms with Crippen LogP contribution in [0.4, 0.5) is 0 Å². The van der Waals surface area contributed by atoms with Crippen molar-refractivity contribution in [2.45, 2.75) is 37.6 Å². The van der Waals surface area contributed by atoms with Crippen molar-refractivity contribution in [2.24, 2.45) is 5.73 Å². The lowest BCUT2D eigenvalue weighted by atomic mass is 9.92. The highest BCUT2D eigenvalue weighted by molar-refractivity contribution is 6.30. The zero-order valence-electron chi connectivity index (χ0n) is 18.5. The van der Waals surface area contributed by atoms with Crippen LogP contribution in [0.5, 0.6) is 0 Å². The van der Waals surface area contributed by atoms with Gasteiger partial charge >= 0.3 is 0 Å². The van der Waals surface area contributed by atoms with Crippen molar-refractivity contribution >= 4 is 23.4 Å². The Morgan fingerprint density at radius 3 is 2.76 bits per heavy atom. The molecule has 3 aromatic rings. The summed E-state index contributed by atoms with van der Waals surface area (Å²) in [5, 5.41) is 15.3. The first-order valence-electron chi connectivity index (χ1n) is 11.3. The molecule has 5 rings (SSSR count). The molecule has 1 fully saturated rings. The third-order valence-corrected chi connectivity index (χ3v) is 6.96. The van der Waals surface area contributed by atoms with Gasteiger partial charge in [-0.25, -0.2) is 0 Å². The van der Waals surface area contributed by atoms with Gasteiger partial charge in [-0.3, -0.25) is 14.6 Å². The average molecular weight is 477 g/mol. The van der Waals surface area contributed by atoms with Crippen molar-refractivity contribution in [3.8, 4) is 11.1 Å². The Labute approximate surface area is 202 Å². The zero-order valence-corrected chi connectivity index (χ0v) is 19.3. The van der Waals surface area contributed by atoms with Crippen molar-refractivity contribution < 1.29 is 14.7 Å². The van der Waals surface area contributed by atoms with E-state index in [0.717, 1.165) is 22.3 Å². The molecule has 1 saturated heterocycles. The summed E-state index contributed by atoms with van der Waals surface area (Å²) in [6, 6.07) is 15.6. The maximum Gasteiger partial charge on any atom is 0.266 e. The lowest BCUT2D eigenvalue weighted by Crippen LogP contribution is -2.53. The summed E-state index contributed by atoms with van der Waals surface area (Å²) in [6.45, 7) is 0.964. The summed E-state index contributed by atoms with van der Waals surface area (Å²) in [7, 11) is 0. The number of rotatable bonds is 5. The number of hydrogen-bond donors (Lipinski definition) is 3. The van der Waals surface area contributed by atoms with Crippen molar-refractivity contribution in [3.63, 3.8) is 0 Å². The summed E-state index contributed by atoms with van der Waals surface area (Å²) in [5.41, 5.74) is 7.90. The van der Waals surface area contributed by atoms with Gasteiger partial charge in [-0.2, -0.15) is 0 Å². The van der Waals surface area contributed by atoms with Crippen molar-refractivity contribution in [3.05, 3.63) is 88.2 Å². The van der Waals surface area contributed by atoms with Gasteiger partial charge in [0.1, 0.15) is 6.04 Å². The maximum atomic E-state index is 13.9. The Bertz CT molecular complexity index is 1230. The van der Waals surface area contributed by atoms with E-state index in [1.807, 2.05) is 24.3 Å². The molecule has 0 saturated carbocycles. The fourth-order valence-electron chi connectivity index (χ4n) is 5.04. The number of fused-ring (bicyclic) bond motifs is 3. The second kappa shape index (κ2) is 8.83. The first-order valence-corrected chi connectivity index (χ1v) is 11.7. The number of aromatic nitrogens is 1. The molecule has 174 valence electrons. The van der Waals surface area contributed by atoms with Crippen LogP contribution in [0.25, 0.3) is 11.1 Å². The van der Waals surface area contributed by atoms with E-state index in [0.29, 0.717) is 42.2 Å². The van der Waals surface area contributed by atoms with Crippen LogP contribution in [0.2, 0.25) is 5.02 Å². The molecule has 4 N–H and O–H groups in total. The lowest BCUT2D eigenvalue weighted by molar-refractivity contribution is -0.152. The van der Waals surface area contributed by atoms with Crippen molar-refractivity contribution in [2.75, 3.05) is 6.54 Å². The van der Waals surface area contributed by atoms with Gasteiger partial charge in [0.15, 0.2) is 0 Å². The van der Waals surface area contributed by atoms with E-state index in [9.17, 15) is 14.7 Å². The predicted molar refractivity (Wildman–Crippen MR) is 129 cm³/mol. The Kier molecular flexibility index (Phi) is 5.85. The van der Waals surface area contributed by atoms with Crippen molar-refractivity contribution in [1.29, 1.82) is 0 Å². The number of nitrogens with two attached hydrogens (primary N) is 1. The maximum absolute atomic E-state index is 13.9. The number of carbonyl (C=O) groups excluding carboxylic acids is 2. The molecule has 1 aliphatic carbocycles. The molecule has 2 heterocycles. The highest BCUT2D eigenvalue weighted by Gasteiger charge is 2.53. The van der Waals surface area contributed by atoms with Crippen LogP contribution >= 0.6 is 11.6 Å². The third-order valence-electron chi connectivity index (χ3n) is 6.72. The van der Waals surface area contributed by atoms with Crippen LogP contribution < -0.4 is 11.1 Å². The molecule has 8 heteroatoms. The number of hydrogen-bond acceptors (Lipinski definition) is 5. The predicted octanol–water partition coefficient (Wildman–Crippen LogP) is 2.72. The number of likely N-dealkylation sites (tertiary alicyclic amines) is 1. The van der Waals surface area contributed by atoms with E-state index >= 15 is 0 Å². The quantitative estimate of drug-likeness (QED) is 0.524. The molecule has 1 aromatic heterocycles. The third kappa shape index (κ3) is 3.57. The number of halogens is 1. The fraction of sp³-hybridized carbons (Fsp3) is 0.269. The number of amides is 2. The second-order valence-corrected chi connectivity index (χ2v) is 9.08. The van der Waals surface area contributed by atoms with Crippen LogP contribution in [0, 0.1) is 0 Å². The van der Waals surface area contributed by atoms with Gasteiger partial charge in [0.25, 0.3) is 5.91 Å². The first kappa shape index (κ1) is 22.5. The van der Waals surface area contributed by atoms with E-state index in [1.165, 1.54) is 4.90 Å².